The van der Waals surface area contributed by atoms with Crippen LogP contribution in [0, 0.1) is 0 Å². The van der Waals surface area contributed by atoms with Crippen molar-refractivity contribution < 1.29 is 0 Å². The van der Waals surface area contributed by atoms with Crippen molar-refractivity contribution in [1.29, 1.82) is 0 Å². The van der Waals surface area contributed by atoms with E-state index in [0.29, 0.717) is 5.11 Å². The molecule has 148 valence electrons. The minimum absolute atomic E-state index is 0.533. The molecule has 0 fully saturated rings. The Morgan fingerprint density at radius 1 is 0.710 bits per heavy atom. The maximum absolute atomic E-state index is 5.54. The van der Waals surface area contributed by atoms with Crippen LogP contribution in [0.4, 0.5) is 11.4 Å². The fourth-order valence-electron chi connectivity index (χ4n) is 3.89. The van der Waals surface area contributed by atoms with Crippen LogP contribution in [0.5, 0.6) is 0 Å². The Morgan fingerprint density at radius 2 is 1.39 bits per heavy atom. The van der Waals surface area contributed by atoms with Crippen molar-refractivity contribution in [3.8, 4) is 0 Å². The van der Waals surface area contributed by atoms with E-state index in [0.717, 1.165) is 44.5 Å². The molecule has 0 spiro atoms. The maximum atomic E-state index is 5.54. The normalized spacial score (nSPS) is 11.4. The Hall–Kier alpha value is -4.03. The van der Waals surface area contributed by atoms with Crippen molar-refractivity contribution in [1.82, 2.24) is 15.0 Å². The Morgan fingerprint density at radius 3 is 2.23 bits per heavy atom. The number of aromatic nitrogens is 3. The summed E-state index contributed by atoms with van der Waals surface area (Å²) in [6.45, 7) is 0. The van der Waals surface area contributed by atoms with E-state index in [-0.39, 0.29) is 0 Å². The molecular weight excluding hydrogens is 402 g/mol. The number of H-pyrrole nitrogens is 1. The van der Waals surface area contributed by atoms with E-state index < -0.39 is 0 Å². The van der Waals surface area contributed by atoms with Crippen LogP contribution in [0.1, 0.15) is 0 Å². The fourth-order valence-corrected chi connectivity index (χ4v) is 4.13. The summed E-state index contributed by atoms with van der Waals surface area (Å²) < 4.78 is 0. The van der Waals surface area contributed by atoms with Gasteiger partial charge in [-0.2, -0.15) is 0 Å². The van der Waals surface area contributed by atoms with Gasteiger partial charge in [0, 0.05) is 22.3 Å². The van der Waals surface area contributed by atoms with Gasteiger partial charge in [0.2, 0.25) is 0 Å². The minimum atomic E-state index is 0.533. The molecule has 31 heavy (non-hydrogen) atoms. The predicted molar refractivity (Wildman–Crippen MR) is 133 cm³/mol. The molecule has 0 amide bonds. The summed E-state index contributed by atoms with van der Waals surface area (Å²) >= 11 is 5.54. The molecule has 6 heteroatoms. The molecule has 0 aliphatic carbocycles. The molecule has 0 aliphatic rings. The topological polar surface area (TPSA) is 65.6 Å². The van der Waals surface area contributed by atoms with Gasteiger partial charge in [-0.3, -0.25) is 0 Å². The summed E-state index contributed by atoms with van der Waals surface area (Å²) in [6.07, 6.45) is 0. The Labute approximate surface area is 183 Å². The van der Waals surface area contributed by atoms with Crippen LogP contribution in [0.3, 0.4) is 0 Å². The monoisotopic (exact) mass is 419 g/mol. The molecule has 4 aromatic carbocycles. The summed E-state index contributed by atoms with van der Waals surface area (Å²) in [5.74, 6) is 0. The number of anilines is 2. The largest absolute Gasteiger partial charge is 0.338 e. The zero-order valence-corrected chi connectivity index (χ0v) is 17.2. The van der Waals surface area contributed by atoms with Gasteiger partial charge in [-0.1, -0.05) is 42.5 Å². The lowest BCUT2D eigenvalue weighted by atomic mass is 10.1. The van der Waals surface area contributed by atoms with Crippen LogP contribution in [0.15, 0.2) is 84.9 Å². The molecule has 6 rings (SSSR count). The summed E-state index contributed by atoms with van der Waals surface area (Å²) in [4.78, 5) is 12.9. The van der Waals surface area contributed by atoms with Gasteiger partial charge in [-0.25, -0.2) is 9.97 Å². The standard InChI is InChI=1S/C25H17N5S/c31-25(26-17-10-9-15-5-1-2-6-16(15)13-17)27-18-11-12-20-19(14-18)23-24(29-20)30-22-8-4-3-7-21(22)28-23/h1-14H,(H,29,30)(H2,26,27,31). The first-order valence-electron chi connectivity index (χ1n) is 9.98. The molecule has 0 saturated heterocycles. The van der Waals surface area contributed by atoms with E-state index in [4.69, 9.17) is 22.2 Å². The van der Waals surface area contributed by atoms with Crippen molar-refractivity contribution >= 4 is 72.6 Å². The lowest BCUT2D eigenvalue weighted by molar-refractivity contribution is 1.36. The molecule has 2 heterocycles. The number of hydrogen-bond acceptors (Lipinski definition) is 3. The zero-order chi connectivity index (χ0) is 20.8. The van der Waals surface area contributed by atoms with Crippen LogP contribution in [-0.4, -0.2) is 20.1 Å². The smallest absolute Gasteiger partial charge is 0.175 e. The molecule has 5 nitrogen and oxygen atoms in total. The third kappa shape index (κ3) is 3.23. The molecular formula is C25H17N5S. The second kappa shape index (κ2) is 7.04. The van der Waals surface area contributed by atoms with E-state index in [1.807, 2.05) is 60.7 Å². The molecule has 3 N–H and O–H groups in total. The second-order valence-corrected chi connectivity index (χ2v) is 7.84. The maximum Gasteiger partial charge on any atom is 0.175 e. The van der Waals surface area contributed by atoms with Gasteiger partial charge in [-0.05, 0) is 65.5 Å². The Kier molecular flexibility index (Phi) is 4.04. The number of hydrogen-bond donors (Lipinski definition) is 3. The number of aromatic amines is 1. The molecule has 0 radical (unpaired) electrons. The van der Waals surface area contributed by atoms with Crippen LogP contribution < -0.4 is 10.6 Å². The van der Waals surface area contributed by atoms with Gasteiger partial charge >= 0.3 is 0 Å². The van der Waals surface area contributed by atoms with Gasteiger partial charge in [0.25, 0.3) is 0 Å². The first-order valence-corrected chi connectivity index (χ1v) is 10.4. The summed E-state index contributed by atoms with van der Waals surface area (Å²) in [5, 5.41) is 10.5. The number of thiocarbonyl (C=S) groups is 1. The number of benzene rings is 4. The van der Waals surface area contributed by atoms with Gasteiger partial charge in [0.15, 0.2) is 10.8 Å². The highest BCUT2D eigenvalue weighted by Crippen LogP contribution is 2.27. The van der Waals surface area contributed by atoms with Crippen LogP contribution >= 0.6 is 12.2 Å². The van der Waals surface area contributed by atoms with E-state index in [9.17, 15) is 0 Å². The summed E-state index contributed by atoms with van der Waals surface area (Å²) in [5.41, 5.74) is 6.21. The second-order valence-electron chi connectivity index (χ2n) is 7.44. The van der Waals surface area contributed by atoms with Crippen molar-refractivity contribution in [2.75, 3.05) is 10.6 Å². The Bertz CT molecular complexity index is 1620. The molecule has 6 aromatic rings. The van der Waals surface area contributed by atoms with Gasteiger partial charge in [-0.15, -0.1) is 0 Å². The van der Waals surface area contributed by atoms with Crippen molar-refractivity contribution in [3.05, 3.63) is 84.9 Å². The van der Waals surface area contributed by atoms with E-state index in [1.54, 1.807) is 0 Å². The zero-order valence-electron chi connectivity index (χ0n) is 16.4. The number of rotatable bonds is 2. The van der Waals surface area contributed by atoms with Gasteiger partial charge < -0.3 is 15.6 Å². The minimum Gasteiger partial charge on any atom is -0.338 e. The first kappa shape index (κ1) is 17.8. The third-order valence-corrected chi connectivity index (χ3v) is 5.57. The lowest BCUT2D eigenvalue weighted by Gasteiger charge is -2.11. The van der Waals surface area contributed by atoms with Crippen molar-refractivity contribution in [3.63, 3.8) is 0 Å². The first-order chi connectivity index (χ1) is 15.2. The number of nitrogens with one attached hydrogen (secondary N) is 3. The molecule has 0 unspecified atom stereocenters. The van der Waals surface area contributed by atoms with Gasteiger partial charge in [0.1, 0.15) is 5.52 Å². The highest BCUT2D eigenvalue weighted by atomic mass is 32.1. The SMILES string of the molecule is S=C(Nc1ccc2ccccc2c1)Nc1ccc2[nH]c3nc4ccccc4nc3c2c1. The number of fused-ring (bicyclic) bond motifs is 5. The van der Waals surface area contributed by atoms with E-state index in [2.05, 4.69) is 39.9 Å². The third-order valence-electron chi connectivity index (χ3n) is 5.36. The average molecular weight is 420 g/mol. The fraction of sp³-hybridized carbons (Fsp3) is 0. The summed E-state index contributed by atoms with van der Waals surface area (Å²) in [7, 11) is 0. The van der Waals surface area contributed by atoms with Crippen molar-refractivity contribution in [2.24, 2.45) is 0 Å². The quantitative estimate of drug-likeness (QED) is 0.291. The van der Waals surface area contributed by atoms with Crippen molar-refractivity contribution in [2.45, 2.75) is 0 Å². The van der Waals surface area contributed by atoms with Crippen LogP contribution in [0.2, 0.25) is 0 Å². The van der Waals surface area contributed by atoms with Gasteiger partial charge in [0.05, 0.1) is 11.0 Å². The number of para-hydroxylation sites is 2. The highest BCUT2D eigenvalue weighted by molar-refractivity contribution is 7.80. The Balaban J connectivity index is 1.31. The average Bonchev–Trinajstić information content (AvgIpc) is 3.14. The lowest BCUT2D eigenvalue weighted by Crippen LogP contribution is -2.18. The molecule has 0 atom stereocenters. The van der Waals surface area contributed by atoms with Crippen LogP contribution in [-0.2, 0) is 0 Å². The van der Waals surface area contributed by atoms with Crippen LogP contribution in [0.25, 0.3) is 43.9 Å². The summed E-state index contributed by atoms with van der Waals surface area (Å²) in [6, 6.07) is 28.4. The highest BCUT2D eigenvalue weighted by Gasteiger charge is 2.10. The molecule has 0 saturated carbocycles. The molecule has 0 aliphatic heterocycles. The number of nitrogens with zero attached hydrogens (tertiary/aromatic N) is 2. The van der Waals surface area contributed by atoms with E-state index in [1.165, 1.54) is 10.8 Å². The molecule has 0 bridgehead atoms. The van der Waals surface area contributed by atoms with E-state index >= 15 is 0 Å². The molecule has 2 aromatic heterocycles. The predicted octanol–water partition coefficient (Wildman–Crippen LogP) is 6.23.